The van der Waals surface area contributed by atoms with Crippen molar-refractivity contribution in [2.24, 2.45) is 5.92 Å². The van der Waals surface area contributed by atoms with Gasteiger partial charge in [0.1, 0.15) is 0 Å². The molecule has 29 heavy (non-hydrogen) atoms. The van der Waals surface area contributed by atoms with Crippen molar-refractivity contribution in [2.45, 2.75) is 37.6 Å². The summed E-state index contributed by atoms with van der Waals surface area (Å²) in [5, 5.41) is 21.6. The van der Waals surface area contributed by atoms with Gasteiger partial charge < -0.3 is 10.2 Å². The zero-order chi connectivity index (χ0) is 20.2. The highest BCUT2D eigenvalue weighted by molar-refractivity contribution is 5.83. The lowest BCUT2D eigenvalue weighted by atomic mass is 9.77. The molecule has 3 heteroatoms. The summed E-state index contributed by atoms with van der Waals surface area (Å²) >= 11 is 0. The summed E-state index contributed by atoms with van der Waals surface area (Å²) in [6.45, 7) is 4.69. The summed E-state index contributed by atoms with van der Waals surface area (Å²) < 4.78 is 0. The normalized spacial score (nSPS) is 25.2. The minimum absolute atomic E-state index is 0.149. The Morgan fingerprint density at radius 3 is 1.86 bits per heavy atom. The molecular formula is C26H27NO2. The van der Waals surface area contributed by atoms with Crippen LogP contribution in [0.1, 0.15) is 30.5 Å². The lowest BCUT2D eigenvalue weighted by Crippen LogP contribution is -2.52. The molecule has 2 aliphatic rings. The first-order valence-corrected chi connectivity index (χ1v) is 10.4. The smallest absolute Gasteiger partial charge is 0.0989 e. The molecule has 0 radical (unpaired) electrons. The Hall–Kier alpha value is -2.46. The zero-order valence-corrected chi connectivity index (χ0v) is 16.9. The van der Waals surface area contributed by atoms with Gasteiger partial charge in [-0.25, -0.2) is 0 Å². The van der Waals surface area contributed by atoms with E-state index in [0.717, 1.165) is 0 Å². The Morgan fingerprint density at radius 2 is 1.31 bits per heavy atom. The Kier molecular flexibility index (Phi) is 4.36. The number of rotatable bonds is 3. The van der Waals surface area contributed by atoms with E-state index in [2.05, 4.69) is 91.5 Å². The predicted octanol–water partition coefficient (Wildman–Crippen LogP) is 4.02. The van der Waals surface area contributed by atoms with Gasteiger partial charge in [0.25, 0.3) is 0 Å². The van der Waals surface area contributed by atoms with Crippen molar-refractivity contribution in [2.75, 3.05) is 6.54 Å². The van der Waals surface area contributed by atoms with Crippen molar-refractivity contribution in [1.82, 2.24) is 4.90 Å². The summed E-state index contributed by atoms with van der Waals surface area (Å²) in [4.78, 5) is 2.35. The Labute approximate surface area is 172 Å². The van der Waals surface area contributed by atoms with Crippen LogP contribution in [0.15, 0.2) is 78.9 Å². The van der Waals surface area contributed by atoms with Gasteiger partial charge in [0.15, 0.2) is 0 Å². The fraction of sp³-hybridized carbons (Fsp3) is 0.308. The number of hydrogen-bond acceptors (Lipinski definition) is 3. The van der Waals surface area contributed by atoms with Crippen molar-refractivity contribution >= 4 is 0 Å². The highest BCUT2D eigenvalue weighted by atomic mass is 16.3. The first-order chi connectivity index (χ1) is 14.1. The molecule has 1 saturated heterocycles. The zero-order valence-electron chi connectivity index (χ0n) is 16.9. The molecule has 0 aromatic heterocycles. The average Bonchev–Trinajstić information content (AvgIpc) is 3.21. The van der Waals surface area contributed by atoms with Crippen LogP contribution in [-0.2, 0) is 5.54 Å². The highest BCUT2D eigenvalue weighted by Crippen LogP contribution is 2.56. The topological polar surface area (TPSA) is 43.7 Å². The fourth-order valence-corrected chi connectivity index (χ4v) is 5.64. The number of β-amino-alcohol motifs (C(OH)–C–C–N with tert-alkyl or cyclic N) is 1. The van der Waals surface area contributed by atoms with Crippen LogP contribution in [0, 0.1) is 5.92 Å². The fourth-order valence-electron chi connectivity index (χ4n) is 5.64. The van der Waals surface area contributed by atoms with Crippen LogP contribution in [-0.4, -0.2) is 39.9 Å². The average molecular weight is 386 g/mol. The van der Waals surface area contributed by atoms with Crippen LogP contribution >= 0.6 is 0 Å². The third-order valence-electron chi connectivity index (χ3n) is 6.72. The largest absolute Gasteiger partial charge is 0.389 e. The number of likely N-dealkylation sites (tertiary alicyclic amines) is 1. The van der Waals surface area contributed by atoms with Gasteiger partial charge >= 0.3 is 0 Å². The number of benzene rings is 3. The van der Waals surface area contributed by atoms with Crippen molar-refractivity contribution in [3.8, 4) is 11.1 Å². The number of aliphatic hydroxyl groups is 2. The maximum atomic E-state index is 10.9. The van der Waals surface area contributed by atoms with Crippen molar-refractivity contribution in [3.63, 3.8) is 0 Å². The van der Waals surface area contributed by atoms with Gasteiger partial charge in [-0.3, -0.25) is 4.90 Å². The van der Waals surface area contributed by atoms with Gasteiger partial charge in [-0.05, 0) is 33.7 Å². The second-order valence-electron chi connectivity index (χ2n) is 8.61. The first kappa shape index (κ1) is 18.6. The first-order valence-electron chi connectivity index (χ1n) is 10.4. The Morgan fingerprint density at radius 1 is 0.793 bits per heavy atom. The molecule has 2 N–H and O–H groups in total. The standard InChI is InChI=1S/C26H27NO2/c1-17(2)24-25(29)23(28)16-27(24)26(18-10-4-3-5-11-18)21-14-8-6-12-19(21)20-13-7-9-15-22(20)26/h3-15,17,23-25,28-29H,16H2,1-2H3/t23-,24+,25-/m1/s1. The van der Waals surface area contributed by atoms with Crippen LogP contribution in [0.3, 0.4) is 0 Å². The van der Waals surface area contributed by atoms with Gasteiger partial charge in [0.2, 0.25) is 0 Å². The summed E-state index contributed by atoms with van der Waals surface area (Å²) in [6.07, 6.45) is -1.53. The third kappa shape index (κ3) is 2.48. The molecule has 0 unspecified atom stereocenters. The van der Waals surface area contributed by atoms with E-state index in [1.165, 1.54) is 27.8 Å². The molecular weight excluding hydrogens is 358 g/mol. The summed E-state index contributed by atoms with van der Waals surface area (Å²) in [6, 6.07) is 27.5. The van der Waals surface area contributed by atoms with Crippen LogP contribution in [0.5, 0.6) is 0 Å². The number of aliphatic hydroxyl groups excluding tert-OH is 2. The minimum atomic E-state index is -0.768. The molecule has 3 atom stereocenters. The van der Waals surface area contributed by atoms with E-state index in [1.807, 2.05) is 6.07 Å². The quantitative estimate of drug-likeness (QED) is 0.716. The Bertz CT molecular complexity index is 984. The molecule has 1 fully saturated rings. The number of nitrogens with zero attached hydrogens (tertiary/aromatic N) is 1. The summed E-state index contributed by atoms with van der Waals surface area (Å²) in [5.74, 6) is 0.197. The molecule has 148 valence electrons. The summed E-state index contributed by atoms with van der Waals surface area (Å²) in [5.41, 5.74) is 5.53. The summed E-state index contributed by atoms with van der Waals surface area (Å²) in [7, 11) is 0. The lowest BCUT2D eigenvalue weighted by Gasteiger charge is -2.46. The van der Waals surface area contributed by atoms with E-state index in [9.17, 15) is 10.2 Å². The van der Waals surface area contributed by atoms with Crippen LogP contribution in [0.2, 0.25) is 0 Å². The molecule has 0 saturated carbocycles. The van der Waals surface area contributed by atoms with E-state index in [0.29, 0.717) is 6.54 Å². The molecule has 0 bridgehead atoms. The van der Waals surface area contributed by atoms with Crippen LogP contribution < -0.4 is 0 Å². The van der Waals surface area contributed by atoms with E-state index in [1.54, 1.807) is 0 Å². The van der Waals surface area contributed by atoms with Gasteiger partial charge in [-0.15, -0.1) is 0 Å². The van der Waals surface area contributed by atoms with E-state index in [4.69, 9.17) is 0 Å². The second kappa shape index (κ2) is 6.81. The third-order valence-corrected chi connectivity index (χ3v) is 6.72. The molecule has 3 nitrogen and oxygen atoms in total. The van der Waals surface area contributed by atoms with Gasteiger partial charge in [0.05, 0.1) is 17.7 Å². The second-order valence-corrected chi connectivity index (χ2v) is 8.61. The van der Waals surface area contributed by atoms with Gasteiger partial charge in [-0.2, -0.15) is 0 Å². The number of fused-ring (bicyclic) bond motifs is 3. The maximum absolute atomic E-state index is 10.9. The lowest BCUT2D eigenvalue weighted by molar-refractivity contribution is 0.0179. The molecule has 0 amide bonds. The molecule has 3 aromatic carbocycles. The van der Waals surface area contributed by atoms with Crippen molar-refractivity contribution in [3.05, 3.63) is 95.6 Å². The molecule has 0 spiro atoms. The highest BCUT2D eigenvalue weighted by Gasteiger charge is 2.56. The van der Waals surface area contributed by atoms with E-state index >= 15 is 0 Å². The SMILES string of the molecule is CC(C)[C@H]1[C@H](O)[C@H](O)CN1C1(c2ccccc2)c2ccccc2-c2ccccc21. The predicted molar refractivity (Wildman–Crippen MR) is 116 cm³/mol. The van der Waals surface area contributed by atoms with E-state index < -0.39 is 17.7 Å². The monoisotopic (exact) mass is 385 g/mol. The molecule has 1 heterocycles. The van der Waals surface area contributed by atoms with Gasteiger partial charge in [-0.1, -0.05) is 92.7 Å². The van der Waals surface area contributed by atoms with Gasteiger partial charge in [0, 0.05) is 12.6 Å². The Balaban J connectivity index is 1.88. The number of hydrogen-bond donors (Lipinski definition) is 2. The molecule has 1 aliphatic carbocycles. The van der Waals surface area contributed by atoms with Crippen LogP contribution in [0.25, 0.3) is 11.1 Å². The van der Waals surface area contributed by atoms with Crippen molar-refractivity contribution in [1.29, 1.82) is 0 Å². The van der Waals surface area contributed by atoms with Crippen molar-refractivity contribution < 1.29 is 10.2 Å². The molecule has 3 aromatic rings. The molecule has 5 rings (SSSR count). The minimum Gasteiger partial charge on any atom is -0.389 e. The molecule has 1 aliphatic heterocycles. The van der Waals surface area contributed by atoms with E-state index in [-0.39, 0.29) is 12.0 Å². The maximum Gasteiger partial charge on any atom is 0.0989 e. The van der Waals surface area contributed by atoms with Crippen LogP contribution in [0.4, 0.5) is 0 Å².